The van der Waals surface area contributed by atoms with Crippen molar-refractivity contribution in [3.63, 3.8) is 0 Å². The van der Waals surface area contributed by atoms with Crippen molar-refractivity contribution in [2.45, 2.75) is 12.5 Å². The highest BCUT2D eigenvalue weighted by atomic mass is 15.1. The summed E-state index contributed by atoms with van der Waals surface area (Å²) in [5, 5.41) is 32.8. The zero-order chi connectivity index (χ0) is 23.7. The first-order valence-corrected chi connectivity index (χ1v) is 11.3. The Labute approximate surface area is 199 Å². The third kappa shape index (κ3) is 3.25. The van der Waals surface area contributed by atoms with Gasteiger partial charge in [-0.2, -0.15) is 15.8 Å². The number of fused-ring (bicyclic) bond motifs is 2. The average Bonchev–Trinajstić information content (AvgIpc) is 2.89. The van der Waals surface area contributed by atoms with E-state index in [1.807, 2.05) is 60.7 Å². The molecule has 0 radical (unpaired) electrons. The standard InChI is InChI=1S/C29H23N5/c30-15-25-23-13-14-34(16-20-7-2-1-3-8-20)17-26(23)27(29(18-31,19-32)28(25)33)24-12-6-10-21-9-4-5-11-22(21)24/h1-13,26-27H,14,16-17,33H2. The normalized spacial score (nSPS) is 21.6. The second-order valence-electron chi connectivity index (χ2n) is 8.92. The van der Waals surface area contributed by atoms with Gasteiger partial charge in [0.2, 0.25) is 0 Å². The Bertz CT molecular complexity index is 1430. The summed E-state index contributed by atoms with van der Waals surface area (Å²) in [6.07, 6.45) is 2.05. The fourth-order valence-electron chi connectivity index (χ4n) is 5.58. The van der Waals surface area contributed by atoms with Gasteiger partial charge < -0.3 is 5.73 Å². The molecule has 5 rings (SSSR count). The van der Waals surface area contributed by atoms with Gasteiger partial charge in [-0.15, -0.1) is 0 Å². The molecule has 0 saturated heterocycles. The van der Waals surface area contributed by atoms with E-state index < -0.39 is 11.3 Å². The molecule has 5 heteroatoms. The smallest absolute Gasteiger partial charge is 0.191 e. The first-order chi connectivity index (χ1) is 16.6. The summed E-state index contributed by atoms with van der Waals surface area (Å²) in [6.45, 7) is 2.04. The van der Waals surface area contributed by atoms with Crippen molar-refractivity contribution >= 4 is 10.8 Å². The molecule has 3 aromatic rings. The molecule has 2 aliphatic rings. The fourth-order valence-corrected chi connectivity index (χ4v) is 5.58. The molecule has 0 aromatic heterocycles. The number of nitrogens with zero attached hydrogens (tertiary/aromatic N) is 4. The molecule has 1 heterocycles. The van der Waals surface area contributed by atoms with E-state index in [1.54, 1.807) is 0 Å². The van der Waals surface area contributed by atoms with Crippen molar-refractivity contribution in [2.24, 2.45) is 17.1 Å². The van der Waals surface area contributed by atoms with Crippen LogP contribution in [0.2, 0.25) is 0 Å². The Morgan fingerprint density at radius 1 is 0.912 bits per heavy atom. The molecule has 1 aliphatic carbocycles. The molecule has 0 fully saturated rings. The third-order valence-electron chi connectivity index (χ3n) is 7.15. The average molecular weight is 442 g/mol. The number of rotatable bonds is 3. The molecule has 0 spiro atoms. The van der Waals surface area contributed by atoms with E-state index in [2.05, 4.69) is 41.3 Å². The lowest BCUT2D eigenvalue weighted by Gasteiger charge is -2.46. The van der Waals surface area contributed by atoms with E-state index in [0.717, 1.165) is 28.5 Å². The van der Waals surface area contributed by atoms with Crippen molar-refractivity contribution in [3.8, 4) is 18.2 Å². The van der Waals surface area contributed by atoms with Crippen LogP contribution in [0.1, 0.15) is 17.0 Å². The predicted octanol–water partition coefficient (Wildman–Crippen LogP) is 4.77. The minimum atomic E-state index is -1.63. The predicted molar refractivity (Wildman–Crippen MR) is 130 cm³/mol. The van der Waals surface area contributed by atoms with Gasteiger partial charge in [0.05, 0.1) is 23.4 Å². The number of nitrogens with two attached hydrogens (primary N) is 1. The van der Waals surface area contributed by atoms with Crippen LogP contribution in [-0.2, 0) is 6.54 Å². The lowest BCUT2D eigenvalue weighted by molar-refractivity contribution is 0.201. The minimum absolute atomic E-state index is 0.0666. The monoisotopic (exact) mass is 441 g/mol. The highest BCUT2D eigenvalue weighted by molar-refractivity contribution is 5.87. The Hall–Kier alpha value is -4.37. The van der Waals surface area contributed by atoms with Crippen LogP contribution in [0.4, 0.5) is 0 Å². The second kappa shape index (κ2) is 8.53. The molecular formula is C29H23N5. The van der Waals surface area contributed by atoms with E-state index in [1.165, 1.54) is 5.56 Å². The van der Waals surface area contributed by atoms with Crippen molar-refractivity contribution in [1.82, 2.24) is 4.90 Å². The lowest BCUT2D eigenvalue weighted by atomic mass is 9.57. The highest BCUT2D eigenvalue weighted by Crippen LogP contribution is 2.55. The van der Waals surface area contributed by atoms with Crippen molar-refractivity contribution in [2.75, 3.05) is 13.1 Å². The summed E-state index contributed by atoms with van der Waals surface area (Å²) < 4.78 is 0. The number of hydrogen-bond donors (Lipinski definition) is 1. The van der Waals surface area contributed by atoms with Gasteiger partial charge in [0.25, 0.3) is 0 Å². The van der Waals surface area contributed by atoms with Gasteiger partial charge in [0.1, 0.15) is 6.07 Å². The molecule has 164 valence electrons. The Kier molecular flexibility index (Phi) is 5.39. The topological polar surface area (TPSA) is 101 Å². The van der Waals surface area contributed by atoms with Crippen LogP contribution in [0.15, 0.2) is 95.7 Å². The summed E-state index contributed by atoms with van der Waals surface area (Å²) in [7, 11) is 0. The van der Waals surface area contributed by atoms with Crippen LogP contribution in [0.5, 0.6) is 0 Å². The zero-order valence-electron chi connectivity index (χ0n) is 18.6. The Morgan fingerprint density at radius 2 is 1.62 bits per heavy atom. The van der Waals surface area contributed by atoms with Gasteiger partial charge in [0, 0.05) is 31.5 Å². The molecule has 34 heavy (non-hydrogen) atoms. The van der Waals surface area contributed by atoms with Crippen LogP contribution in [0, 0.1) is 45.3 Å². The fraction of sp³-hybridized carbons (Fsp3) is 0.207. The summed E-state index contributed by atoms with van der Waals surface area (Å²) in [6, 6.07) is 30.9. The molecular weight excluding hydrogens is 418 g/mol. The summed E-state index contributed by atoms with van der Waals surface area (Å²) >= 11 is 0. The van der Waals surface area contributed by atoms with Gasteiger partial charge in [-0.1, -0.05) is 78.9 Å². The number of benzene rings is 3. The second-order valence-corrected chi connectivity index (χ2v) is 8.92. The summed E-state index contributed by atoms with van der Waals surface area (Å²) in [5.74, 6) is -0.722. The van der Waals surface area contributed by atoms with Crippen LogP contribution >= 0.6 is 0 Å². The lowest BCUT2D eigenvalue weighted by Crippen LogP contribution is -2.47. The van der Waals surface area contributed by atoms with E-state index in [-0.39, 0.29) is 17.2 Å². The number of hydrogen-bond acceptors (Lipinski definition) is 5. The molecule has 0 saturated carbocycles. The highest BCUT2D eigenvalue weighted by Gasteiger charge is 2.54. The van der Waals surface area contributed by atoms with E-state index in [4.69, 9.17) is 5.73 Å². The maximum Gasteiger partial charge on any atom is 0.191 e. The first-order valence-electron chi connectivity index (χ1n) is 11.3. The maximum atomic E-state index is 10.4. The van der Waals surface area contributed by atoms with Crippen LogP contribution in [0.3, 0.4) is 0 Å². The maximum absolute atomic E-state index is 10.4. The molecule has 2 N–H and O–H groups in total. The van der Waals surface area contributed by atoms with Gasteiger partial charge in [-0.25, -0.2) is 0 Å². The van der Waals surface area contributed by atoms with Gasteiger partial charge in [-0.05, 0) is 27.5 Å². The molecule has 0 bridgehead atoms. The van der Waals surface area contributed by atoms with Crippen LogP contribution in [0.25, 0.3) is 10.8 Å². The summed E-state index contributed by atoms with van der Waals surface area (Å²) in [4.78, 5) is 2.30. The molecule has 5 nitrogen and oxygen atoms in total. The number of nitriles is 3. The van der Waals surface area contributed by atoms with Crippen molar-refractivity contribution < 1.29 is 0 Å². The van der Waals surface area contributed by atoms with Gasteiger partial charge in [0.15, 0.2) is 5.41 Å². The van der Waals surface area contributed by atoms with Gasteiger partial charge in [-0.3, -0.25) is 4.90 Å². The Balaban J connectivity index is 1.71. The van der Waals surface area contributed by atoms with Gasteiger partial charge >= 0.3 is 0 Å². The largest absolute Gasteiger partial charge is 0.399 e. The zero-order valence-corrected chi connectivity index (χ0v) is 18.6. The van der Waals surface area contributed by atoms with E-state index in [9.17, 15) is 15.8 Å². The van der Waals surface area contributed by atoms with Crippen molar-refractivity contribution in [1.29, 1.82) is 15.8 Å². The quantitative estimate of drug-likeness (QED) is 0.631. The van der Waals surface area contributed by atoms with E-state index >= 15 is 0 Å². The SMILES string of the molecule is N#CC1=C(N)C(C#N)(C#N)C(c2cccc3ccccc23)C2CN(Cc3ccccc3)CC=C12. The number of allylic oxidation sites excluding steroid dienone is 2. The van der Waals surface area contributed by atoms with Crippen molar-refractivity contribution in [3.05, 3.63) is 107 Å². The Morgan fingerprint density at radius 3 is 2.35 bits per heavy atom. The first kappa shape index (κ1) is 21.5. The summed E-state index contributed by atoms with van der Waals surface area (Å²) in [5.41, 5.74) is 8.16. The molecule has 2 unspecified atom stereocenters. The molecule has 3 aromatic carbocycles. The molecule has 0 amide bonds. The molecule has 1 aliphatic heterocycles. The van der Waals surface area contributed by atoms with Crippen LogP contribution < -0.4 is 5.73 Å². The third-order valence-corrected chi connectivity index (χ3v) is 7.15. The molecule has 2 atom stereocenters. The van der Waals surface area contributed by atoms with Crippen LogP contribution in [-0.4, -0.2) is 18.0 Å². The minimum Gasteiger partial charge on any atom is -0.399 e. The van der Waals surface area contributed by atoms with E-state index in [0.29, 0.717) is 13.1 Å².